The van der Waals surface area contributed by atoms with E-state index < -0.39 is 0 Å². The summed E-state index contributed by atoms with van der Waals surface area (Å²) in [6, 6.07) is 6.83. The van der Waals surface area contributed by atoms with Gasteiger partial charge in [0.25, 0.3) is 0 Å². The van der Waals surface area contributed by atoms with E-state index in [0.29, 0.717) is 23.8 Å². The maximum atomic E-state index is 12.1. The summed E-state index contributed by atoms with van der Waals surface area (Å²) in [5.41, 5.74) is 0.578. The second-order valence-corrected chi connectivity index (χ2v) is 4.97. The van der Waals surface area contributed by atoms with Crippen LogP contribution in [0.25, 0.3) is 0 Å². The molecule has 1 saturated heterocycles. The average Bonchev–Trinajstić information content (AvgIpc) is 2.40. The molecule has 2 amide bonds. The Morgan fingerprint density at radius 3 is 2.95 bits per heavy atom. The van der Waals surface area contributed by atoms with Crippen molar-refractivity contribution in [3.8, 4) is 0 Å². The predicted octanol–water partition coefficient (Wildman–Crippen LogP) is 1.95. The number of urea groups is 1. The molecule has 0 radical (unpaired) electrons. The van der Waals surface area contributed by atoms with E-state index in [2.05, 4.69) is 5.32 Å². The monoisotopic (exact) mass is 284 g/mol. The van der Waals surface area contributed by atoms with Gasteiger partial charge < -0.3 is 20.1 Å². The summed E-state index contributed by atoms with van der Waals surface area (Å²) in [6.45, 7) is 2.64. The van der Waals surface area contributed by atoms with E-state index in [1.165, 1.54) is 0 Å². The number of carbonyl (C=O) groups is 1. The van der Waals surface area contributed by atoms with Crippen molar-refractivity contribution in [3.63, 3.8) is 0 Å². The highest BCUT2D eigenvalue weighted by molar-refractivity contribution is 6.33. The summed E-state index contributed by atoms with van der Waals surface area (Å²) in [4.78, 5) is 13.8. The number of morpholine rings is 1. The fraction of sp³-hybridized carbons (Fsp3) is 0.462. The van der Waals surface area contributed by atoms with Crippen LogP contribution in [0.15, 0.2) is 24.3 Å². The van der Waals surface area contributed by atoms with E-state index in [9.17, 15) is 4.79 Å². The number of hydrogen-bond acceptors (Lipinski definition) is 3. The van der Waals surface area contributed by atoms with Crippen molar-refractivity contribution in [1.29, 1.82) is 0 Å². The largest absolute Gasteiger partial charge is 0.394 e. The van der Waals surface area contributed by atoms with Gasteiger partial charge in [-0.15, -0.1) is 0 Å². The van der Waals surface area contributed by atoms with Crippen molar-refractivity contribution in [2.24, 2.45) is 0 Å². The molecule has 104 valence electrons. The Hall–Kier alpha value is -1.30. The van der Waals surface area contributed by atoms with Gasteiger partial charge in [0, 0.05) is 6.54 Å². The summed E-state index contributed by atoms with van der Waals surface area (Å²) in [6.07, 6.45) is -0.427. The predicted molar refractivity (Wildman–Crippen MR) is 73.5 cm³/mol. The highest BCUT2D eigenvalue weighted by atomic mass is 35.5. The Kier molecular flexibility index (Phi) is 4.63. The fourth-order valence-electron chi connectivity index (χ4n) is 2.07. The van der Waals surface area contributed by atoms with Crippen LogP contribution in [0.4, 0.5) is 10.5 Å². The number of anilines is 1. The number of rotatable bonds is 2. The molecule has 2 atom stereocenters. The quantitative estimate of drug-likeness (QED) is 0.873. The minimum Gasteiger partial charge on any atom is -0.394 e. The zero-order valence-corrected chi connectivity index (χ0v) is 11.4. The third kappa shape index (κ3) is 3.59. The molecule has 1 fully saturated rings. The highest BCUT2D eigenvalue weighted by Crippen LogP contribution is 2.21. The van der Waals surface area contributed by atoms with Crippen LogP contribution in [-0.4, -0.2) is 47.9 Å². The molecule has 1 aliphatic rings. The normalized spacial score (nSPS) is 23.2. The van der Waals surface area contributed by atoms with Crippen molar-refractivity contribution < 1.29 is 14.6 Å². The van der Waals surface area contributed by atoms with Gasteiger partial charge in [0.2, 0.25) is 0 Å². The molecule has 1 heterocycles. The highest BCUT2D eigenvalue weighted by Gasteiger charge is 2.28. The Morgan fingerprint density at radius 1 is 1.53 bits per heavy atom. The molecule has 2 N–H and O–H groups in total. The summed E-state index contributed by atoms with van der Waals surface area (Å²) < 4.78 is 5.49. The molecule has 1 aromatic carbocycles. The van der Waals surface area contributed by atoms with Gasteiger partial charge in [0.05, 0.1) is 36.1 Å². The molecule has 1 aliphatic heterocycles. The molecule has 1 aromatic rings. The number of nitrogens with one attached hydrogen (secondary N) is 1. The first-order valence-electron chi connectivity index (χ1n) is 6.17. The SMILES string of the molecule is CC1CN(C(=O)Nc2ccccc2Cl)CC(CO)O1. The molecule has 0 aromatic heterocycles. The van der Waals surface area contributed by atoms with Crippen LogP contribution in [0, 0.1) is 0 Å². The third-order valence-electron chi connectivity index (χ3n) is 2.93. The summed E-state index contributed by atoms with van der Waals surface area (Å²) in [5, 5.41) is 12.4. The first kappa shape index (κ1) is 14.1. The van der Waals surface area contributed by atoms with Crippen molar-refractivity contribution >= 4 is 23.3 Å². The number of aliphatic hydroxyl groups excluding tert-OH is 1. The third-order valence-corrected chi connectivity index (χ3v) is 3.26. The first-order chi connectivity index (χ1) is 9.10. The number of hydrogen-bond donors (Lipinski definition) is 2. The molecule has 0 saturated carbocycles. The number of ether oxygens (including phenoxy) is 1. The summed E-state index contributed by atoms with van der Waals surface area (Å²) in [7, 11) is 0. The van der Waals surface area contributed by atoms with E-state index >= 15 is 0 Å². The van der Waals surface area contributed by atoms with Crippen molar-refractivity contribution in [2.45, 2.75) is 19.1 Å². The van der Waals surface area contributed by atoms with Crippen molar-refractivity contribution in [1.82, 2.24) is 4.90 Å². The van der Waals surface area contributed by atoms with Crippen LogP contribution in [-0.2, 0) is 4.74 Å². The van der Waals surface area contributed by atoms with E-state index in [4.69, 9.17) is 21.4 Å². The number of halogens is 1. The zero-order chi connectivity index (χ0) is 13.8. The van der Waals surface area contributed by atoms with Crippen LogP contribution in [0.1, 0.15) is 6.92 Å². The minimum atomic E-state index is -0.333. The van der Waals surface area contributed by atoms with Crippen LogP contribution >= 0.6 is 11.6 Å². The average molecular weight is 285 g/mol. The Labute approximate surface area is 117 Å². The second-order valence-electron chi connectivity index (χ2n) is 4.57. The number of aliphatic hydroxyl groups is 1. The first-order valence-corrected chi connectivity index (χ1v) is 6.54. The van der Waals surface area contributed by atoms with E-state index in [-0.39, 0.29) is 24.8 Å². The van der Waals surface area contributed by atoms with Crippen LogP contribution in [0.3, 0.4) is 0 Å². The van der Waals surface area contributed by atoms with E-state index in [0.717, 1.165) is 0 Å². The molecule has 6 heteroatoms. The van der Waals surface area contributed by atoms with E-state index in [1.54, 1.807) is 29.2 Å². The molecule has 0 bridgehead atoms. The lowest BCUT2D eigenvalue weighted by molar-refractivity contribution is -0.0822. The van der Waals surface area contributed by atoms with Crippen molar-refractivity contribution in [2.75, 3.05) is 25.0 Å². The van der Waals surface area contributed by atoms with E-state index in [1.807, 2.05) is 6.92 Å². The van der Waals surface area contributed by atoms with Gasteiger partial charge in [-0.1, -0.05) is 23.7 Å². The zero-order valence-electron chi connectivity index (χ0n) is 10.7. The fourth-order valence-corrected chi connectivity index (χ4v) is 2.25. The number of benzene rings is 1. The Balaban J connectivity index is 2.01. The molecule has 2 rings (SSSR count). The smallest absolute Gasteiger partial charge is 0.322 e. The molecule has 5 nitrogen and oxygen atoms in total. The maximum absolute atomic E-state index is 12.1. The van der Waals surface area contributed by atoms with Crippen LogP contribution in [0.5, 0.6) is 0 Å². The lowest BCUT2D eigenvalue weighted by Gasteiger charge is -2.36. The second kappa shape index (κ2) is 6.23. The van der Waals surface area contributed by atoms with Crippen LogP contribution < -0.4 is 5.32 Å². The number of carbonyl (C=O) groups excluding carboxylic acids is 1. The van der Waals surface area contributed by atoms with Gasteiger partial charge >= 0.3 is 6.03 Å². The summed E-state index contributed by atoms with van der Waals surface area (Å²) >= 11 is 5.99. The Morgan fingerprint density at radius 2 is 2.26 bits per heavy atom. The van der Waals surface area contributed by atoms with Gasteiger partial charge in [-0.2, -0.15) is 0 Å². The molecular formula is C13H17ClN2O3. The number of para-hydroxylation sites is 1. The van der Waals surface area contributed by atoms with Gasteiger partial charge in [-0.3, -0.25) is 0 Å². The maximum Gasteiger partial charge on any atom is 0.322 e. The van der Waals surface area contributed by atoms with Gasteiger partial charge in [-0.25, -0.2) is 4.79 Å². The topological polar surface area (TPSA) is 61.8 Å². The molecule has 0 aliphatic carbocycles. The van der Waals surface area contributed by atoms with Crippen molar-refractivity contribution in [3.05, 3.63) is 29.3 Å². The summed E-state index contributed by atoms with van der Waals surface area (Å²) in [5.74, 6) is 0. The molecular weight excluding hydrogens is 268 g/mol. The standard InChI is InChI=1S/C13H17ClN2O3/c1-9-6-16(7-10(8-17)19-9)13(18)15-12-5-3-2-4-11(12)14/h2-5,9-10,17H,6-8H2,1H3,(H,15,18). The lowest BCUT2D eigenvalue weighted by atomic mass is 10.2. The molecule has 19 heavy (non-hydrogen) atoms. The lowest BCUT2D eigenvalue weighted by Crippen LogP contribution is -2.51. The number of nitrogens with zero attached hydrogens (tertiary/aromatic N) is 1. The van der Waals surface area contributed by atoms with Crippen LogP contribution in [0.2, 0.25) is 5.02 Å². The van der Waals surface area contributed by atoms with Gasteiger partial charge in [0.15, 0.2) is 0 Å². The Bertz CT molecular complexity index is 455. The molecule has 0 spiro atoms. The van der Waals surface area contributed by atoms with Gasteiger partial charge in [-0.05, 0) is 19.1 Å². The minimum absolute atomic E-state index is 0.0945. The number of amides is 2. The molecule has 2 unspecified atom stereocenters. The van der Waals surface area contributed by atoms with Gasteiger partial charge in [0.1, 0.15) is 0 Å².